The maximum atomic E-state index is 10.8. The Bertz CT molecular complexity index is 136. The zero-order chi connectivity index (χ0) is 9.56. The maximum absolute atomic E-state index is 10.8. The van der Waals surface area contributed by atoms with E-state index in [0.29, 0.717) is 0 Å². The second kappa shape index (κ2) is 6.00. The van der Waals surface area contributed by atoms with Crippen LogP contribution in [-0.2, 0) is 4.79 Å². The molecule has 3 nitrogen and oxygen atoms in total. The molecule has 0 radical (unpaired) electrons. The Hall–Kier alpha value is -0.570. The molecule has 0 heterocycles. The number of carbonyl (C=O) groups excluding carboxylic acids is 1. The van der Waals surface area contributed by atoms with Gasteiger partial charge in [0, 0.05) is 27.1 Å². The van der Waals surface area contributed by atoms with E-state index in [-0.39, 0.29) is 5.91 Å². The minimum absolute atomic E-state index is 0.139. The highest BCUT2D eigenvalue weighted by molar-refractivity contribution is 5.72. The molecule has 0 aliphatic heterocycles. The van der Waals surface area contributed by atoms with Crippen LogP contribution in [-0.4, -0.2) is 49.4 Å². The number of nitrogens with zero attached hydrogens (tertiary/aromatic N) is 2. The van der Waals surface area contributed by atoms with Crippen LogP contribution in [0.15, 0.2) is 0 Å². The molecule has 0 atom stereocenters. The van der Waals surface area contributed by atoms with Crippen molar-refractivity contribution in [1.29, 1.82) is 0 Å². The third kappa shape index (κ3) is 5.13. The average molecular weight is 172 g/mol. The number of amides is 1. The Morgan fingerprint density at radius 2 is 1.75 bits per heavy atom. The number of carbonyl (C=O) groups is 1. The molecule has 0 rings (SSSR count). The van der Waals surface area contributed by atoms with Crippen LogP contribution in [0.25, 0.3) is 0 Å². The highest BCUT2D eigenvalue weighted by Crippen LogP contribution is 1.88. The normalized spacial score (nSPS) is 10.4. The Kier molecular flexibility index (Phi) is 5.72. The van der Waals surface area contributed by atoms with E-state index in [0.717, 1.165) is 19.6 Å². The summed E-state index contributed by atoms with van der Waals surface area (Å²) in [4.78, 5) is 14.8. The lowest BCUT2D eigenvalue weighted by Crippen LogP contribution is -2.33. The molecule has 0 unspecified atom stereocenters. The molecule has 0 aromatic rings. The van der Waals surface area contributed by atoms with E-state index in [2.05, 4.69) is 18.9 Å². The Morgan fingerprint density at radius 3 is 2.17 bits per heavy atom. The van der Waals surface area contributed by atoms with Crippen LogP contribution in [0.1, 0.15) is 20.3 Å². The summed E-state index contributed by atoms with van der Waals surface area (Å²) in [5, 5.41) is 0. The molecule has 1 amide bonds. The van der Waals surface area contributed by atoms with Crippen molar-refractivity contribution in [2.75, 3.05) is 33.7 Å². The van der Waals surface area contributed by atoms with Crippen molar-refractivity contribution in [3.63, 3.8) is 0 Å². The van der Waals surface area contributed by atoms with Gasteiger partial charge in [0.2, 0.25) is 5.91 Å². The van der Waals surface area contributed by atoms with Gasteiger partial charge < -0.3 is 9.80 Å². The van der Waals surface area contributed by atoms with Gasteiger partial charge in [0.25, 0.3) is 0 Å². The highest BCUT2D eigenvalue weighted by atomic mass is 16.2. The SMILES string of the molecule is CCCN(C)CCN(C)C(C)=O. The van der Waals surface area contributed by atoms with Gasteiger partial charge in [0.05, 0.1) is 0 Å². The number of hydrogen-bond acceptors (Lipinski definition) is 2. The quantitative estimate of drug-likeness (QED) is 0.612. The molecule has 0 fully saturated rings. The van der Waals surface area contributed by atoms with E-state index in [9.17, 15) is 4.79 Å². The molecule has 0 saturated carbocycles. The smallest absolute Gasteiger partial charge is 0.219 e. The van der Waals surface area contributed by atoms with Crippen LogP contribution in [0.5, 0.6) is 0 Å². The molecule has 0 aromatic heterocycles. The molecule has 0 saturated heterocycles. The fraction of sp³-hybridized carbons (Fsp3) is 0.889. The fourth-order valence-electron chi connectivity index (χ4n) is 0.972. The van der Waals surface area contributed by atoms with Crippen molar-refractivity contribution < 1.29 is 4.79 Å². The van der Waals surface area contributed by atoms with Crippen molar-refractivity contribution in [2.45, 2.75) is 20.3 Å². The molecule has 0 aliphatic rings. The van der Waals surface area contributed by atoms with E-state index in [1.807, 2.05) is 7.05 Å². The summed E-state index contributed by atoms with van der Waals surface area (Å²) in [6.07, 6.45) is 1.17. The number of rotatable bonds is 5. The standard InChI is InChI=1S/C9H20N2O/c1-5-6-10(3)7-8-11(4)9(2)12/h5-8H2,1-4H3. The van der Waals surface area contributed by atoms with E-state index >= 15 is 0 Å². The van der Waals surface area contributed by atoms with Crippen LogP contribution >= 0.6 is 0 Å². The van der Waals surface area contributed by atoms with Crippen molar-refractivity contribution >= 4 is 5.91 Å². The Morgan fingerprint density at radius 1 is 1.17 bits per heavy atom. The topological polar surface area (TPSA) is 23.6 Å². The summed E-state index contributed by atoms with van der Waals surface area (Å²) < 4.78 is 0. The van der Waals surface area contributed by atoms with E-state index in [1.165, 1.54) is 6.42 Å². The predicted octanol–water partition coefficient (Wildman–Crippen LogP) is 0.807. The zero-order valence-corrected chi connectivity index (χ0v) is 8.63. The van der Waals surface area contributed by atoms with Crippen LogP contribution in [0.3, 0.4) is 0 Å². The second-order valence-electron chi connectivity index (χ2n) is 3.24. The van der Waals surface area contributed by atoms with Crippen molar-refractivity contribution in [2.24, 2.45) is 0 Å². The summed E-state index contributed by atoms with van der Waals surface area (Å²) in [5.74, 6) is 0.139. The summed E-state index contributed by atoms with van der Waals surface area (Å²) >= 11 is 0. The lowest BCUT2D eigenvalue weighted by molar-refractivity contribution is -0.127. The lowest BCUT2D eigenvalue weighted by Gasteiger charge is -2.20. The molecule has 0 aromatic carbocycles. The number of likely N-dealkylation sites (N-methyl/N-ethyl adjacent to an activating group) is 2. The highest BCUT2D eigenvalue weighted by Gasteiger charge is 2.02. The first-order valence-electron chi connectivity index (χ1n) is 4.48. The minimum atomic E-state index is 0.139. The van der Waals surface area contributed by atoms with Gasteiger partial charge in [-0.25, -0.2) is 0 Å². The summed E-state index contributed by atoms with van der Waals surface area (Å²) in [7, 11) is 3.92. The van der Waals surface area contributed by atoms with Crippen molar-refractivity contribution in [3.8, 4) is 0 Å². The van der Waals surface area contributed by atoms with Gasteiger partial charge >= 0.3 is 0 Å². The van der Waals surface area contributed by atoms with Gasteiger partial charge in [0.15, 0.2) is 0 Å². The van der Waals surface area contributed by atoms with Gasteiger partial charge in [-0.05, 0) is 20.0 Å². The van der Waals surface area contributed by atoms with Crippen LogP contribution in [0, 0.1) is 0 Å². The van der Waals surface area contributed by atoms with E-state index in [4.69, 9.17) is 0 Å². The van der Waals surface area contributed by atoms with Crippen molar-refractivity contribution in [1.82, 2.24) is 9.80 Å². The molecular formula is C9H20N2O. The zero-order valence-electron chi connectivity index (χ0n) is 8.63. The van der Waals surface area contributed by atoms with Crippen LogP contribution in [0.4, 0.5) is 0 Å². The van der Waals surface area contributed by atoms with Crippen LogP contribution < -0.4 is 0 Å². The fourth-order valence-corrected chi connectivity index (χ4v) is 0.972. The Balaban J connectivity index is 3.46. The molecule has 0 N–H and O–H groups in total. The largest absolute Gasteiger partial charge is 0.345 e. The molecule has 0 aliphatic carbocycles. The average Bonchev–Trinajstić information content (AvgIpc) is 2.00. The summed E-state index contributed by atoms with van der Waals surface area (Å²) in [6.45, 7) is 6.65. The van der Waals surface area contributed by atoms with Gasteiger partial charge in [-0.15, -0.1) is 0 Å². The van der Waals surface area contributed by atoms with Crippen molar-refractivity contribution in [3.05, 3.63) is 0 Å². The third-order valence-corrected chi connectivity index (χ3v) is 1.96. The maximum Gasteiger partial charge on any atom is 0.219 e. The van der Waals surface area contributed by atoms with E-state index < -0.39 is 0 Å². The monoisotopic (exact) mass is 172 g/mol. The van der Waals surface area contributed by atoms with Crippen LogP contribution in [0.2, 0.25) is 0 Å². The van der Waals surface area contributed by atoms with E-state index in [1.54, 1.807) is 11.8 Å². The van der Waals surface area contributed by atoms with Gasteiger partial charge in [0.1, 0.15) is 0 Å². The first kappa shape index (κ1) is 11.4. The molecule has 12 heavy (non-hydrogen) atoms. The summed E-state index contributed by atoms with van der Waals surface area (Å²) in [5.41, 5.74) is 0. The van der Waals surface area contributed by atoms with Gasteiger partial charge in [-0.3, -0.25) is 4.79 Å². The summed E-state index contributed by atoms with van der Waals surface area (Å²) in [6, 6.07) is 0. The van der Waals surface area contributed by atoms with Gasteiger partial charge in [-0.1, -0.05) is 6.92 Å². The molecule has 3 heteroatoms. The lowest BCUT2D eigenvalue weighted by atomic mass is 10.4. The number of hydrogen-bond donors (Lipinski definition) is 0. The van der Waals surface area contributed by atoms with Gasteiger partial charge in [-0.2, -0.15) is 0 Å². The minimum Gasteiger partial charge on any atom is -0.345 e. The predicted molar refractivity (Wildman–Crippen MR) is 51.1 cm³/mol. The third-order valence-electron chi connectivity index (χ3n) is 1.96. The first-order chi connectivity index (χ1) is 5.57. The Labute approximate surface area is 75.3 Å². The molecule has 0 bridgehead atoms. The molecular weight excluding hydrogens is 152 g/mol. The first-order valence-corrected chi connectivity index (χ1v) is 4.48. The molecule has 72 valence electrons. The second-order valence-corrected chi connectivity index (χ2v) is 3.24. The molecule has 0 spiro atoms.